The molecule has 1 N–H and O–H groups in total. The molecule has 0 fully saturated rings. The van der Waals surface area contributed by atoms with Crippen LogP contribution in [0.15, 0.2) is 29.5 Å². The van der Waals surface area contributed by atoms with Gasteiger partial charge in [-0.3, -0.25) is 14.9 Å². The molecule has 3 unspecified atom stereocenters. The molecule has 150 valence electrons. The summed E-state index contributed by atoms with van der Waals surface area (Å²) >= 11 is 0. The van der Waals surface area contributed by atoms with Crippen LogP contribution in [0.4, 0.5) is 5.69 Å². The van der Waals surface area contributed by atoms with E-state index in [0.29, 0.717) is 11.3 Å². The first-order valence-corrected chi connectivity index (χ1v) is 9.03. The Bertz CT molecular complexity index is 879. The first-order valence-electron chi connectivity index (χ1n) is 9.03. The number of ether oxygens (including phenoxy) is 3. The van der Waals surface area contributed by atoms with Crippen LogP contribution in [0.3, 0.4) is 0 Å². The van der Waals surface area contributed by atoms with Gasteiger partial charge in [0.05, 0.1) is 29.8 Å². The minimum atomic E-state index is -1.24. The largest absolute Gasteiger partial charge is 0.467 e. The minimum absolute atomic E-state index is 0.145. The van der Waals surface area contributed by atoms with Gasteiger partial charge in [-0.25, -0.2) is 4.79 Å². The standard InChI is InChI=1S/C19H22N2O7/c1-5-26-17(22)14-10(3)20-19(4)16(18(23)27-6-2)15(14)12-8-7-11(21(24)25)9-13(12)28-19/h7-9,15-16,20H,5-6H2,1-4H3. The molecule has 0 amide bonds. The molecule has 9 heteroatoms. The van der Waals surface area contributed by atoms with Crippen LogP contribution in [0.2, 0.25) is 0 Å². The van der Waals surface area contributed by atoms with Gasteiger partial charge in [-0.05, 0) is 33.8 Å². The summed E-state index contributed by atoms with van der Waals surface area (Å²) in [6.07, 6.45) is 0. The smallest absolute Gasteiger partial charge is 0.336 e. The zero-order valence-electron chi connectivity index (χ0n) is 16.1. The molecule has 2 heterocycles. The summed E-state index contributed by atoms with van der Waals surface area (Å²) < 4.78 is 16.5. The monoisotopic (exact) mass is 390 g/mol. The molecule has 2 aliphatic heterocycles. The molecule has 0 saturated carbocycles. The Morgan fingerprint density at radius 2 is 1.96 bits per heavy atom. The van der Waals surface area contributed by atoms with E-state index in [9.17, 15) is 19.7 Å². The Labute approximate surface area is 161 Å². The Hall–Kier alpha value is -3.10. The van der Waals surface area contributed by atoms with E-state index in [-0.39, 0.29) is 30.2 Å². The Kier molecular flexibility index (Phi) is 5.01. The number of allylic oxidation sites excluding steroid dienone is 1. The van der Waals surface area contributed by atoms with E-state index in [1.54, 1.807) is 27.7 Å². The zero-order valence-corrected chi connectivity index (χ0v) is 16.1. The van der Waals surface area contributed by atoms with Gasteiger partial charge in [-0.15, -0.1) is 0 Å². The number of fused-ring (bicyclic) bond motifs is 4. The first-order chi connectivity index (χ1) is 13.2. The molecule has 9 nitrogen and oxygen atoms in total. The molecule has 1 aromatic rings. The fourth-order valence-electron chi connectivity index (χ4n) is 3.95. The molecule has 0 aliphatic carbocycles. The second-order valence-electron chi connectivity index (χ2n) is 6.78. The van der Waals surface area contributed by atoms with Crippen LogP contribution in [0.5, 0.6) is 5.75 Å². The fraction of sp³-hybridized carbons (Fsp3) is 0.474. The molecule has 1 aromatic carbocycles. The molecular weight excluding hydrogens is 368 g/mol. The van der Waals surface area contributed by atoms with Crippen molar-refractivity contribution in [2.45, 2.75) is 39.3 Å². The van der Waals surface area contributed by atoms with E-state index in [2.05, 4.69) is 5.32 Å². The summed E-state index contributed by atoms with van der Waals surface area (Å²) in [5, 5.41) is 14.2. The van der Waals surface area contributed by atoms with Crippen molar-refractivity contribution in [1.29, 1.82) is 0 Å². The summed E-state index contributed by atoms with van der Waals surface area (Å²) in [5.74, 6) is -2.43. The molecule has 0 spiro atoms. The van der Waals surface area contributed by atoms with Crippen LogP contribution in [0.1, 0.15) is 39.2 Å². The maximum Gasteiger partial charge on any atom is 0.336 e. The Morgan fingerprint density at radius 1 is 1.29 bits per heavy atom. The third-order valence-electron chi connectivity index (χ3n) is 4.98. The van der Waals surface area contributed by atoms with Crippen molar-refractivity contribution in [3.63, 3.8) is 0 Å². The Balaban J connectivity index is 2.22. The third kappa shape index (κ3) is 3.06. The number of non-ortho nitro benzene ring substituents is 1. The molecular formula is C19H22N2O7. The predicted molar refractivity (Wildman–Crippen MR) is 97.5 cm³/mol. The fourth-order valence-corrected chi connectivity index (χ4v) is 3.95. The van der Waals surface area contributed by atoms with Crippen molar-refractivity contribution in [3.05, 3.63) is 45.1 Å². The number of nitrogens with one attached hydrogen (secondary N) is 1. The van der Waals surface area contributed by atoms with Crippen molar-refractivity contribution in [2.75, 3.05) is 13.2 Å². The quantitative estimate of drug-likeness (QED) is 0.463. The van der Waals surface area contributed by atoms with Gasteiger partial charge < -0.3 is 19.5 Å². The number of esters is 2. The predicted octanol–water partition coefficient (Wildman–Crippen LogP) is 2.41. The highest BCUT2D eigenvalue weighted by Crippen LogP contribution is 2.52. The van der Waals surface area contributed by atoms with Crippen molar-refractivity contribution < 1.29 is 28.7 Å². The van der Waals surface area contributed by atoms with Crippen LogP contribution < -0.4 is 10.1 Å². The topological polar surface area (TPSA) is 117 Å². The molecule has 2 bridgehead atoms. The SMILES string of the molecule is CCOC(=O)C1=C(C)NC2(C)Oc3cc([N+](=O)[O-])ccc3C1C2C(=O)OCC. The zero-order chi connectivity index (χ0) is 20.6. The maximum atomic E-state index is 12.8. The number of nitro groups is 1. The second-order valence-corrected chi connectivity index (χ2v) is 6.78. The summed E-state index contributed by atoms with van der Waals surface area (Å²) in [4.78, 5) is 36.1. The second kappa shape index (κ2) is 7.14. The van der Waals surface area contributed by atoms with Crippen molar-refractivity contribution in [1.82, 2.24) is 5.32 Å². The van der Waals surface area contributed by atoms with Crippen molar-refractivity contribution >= 4 is 17.6 Å². The average Bonchev–Trinajstić information content (AvgIpc) is 2.60. The lowest BCUT2D eigenvalue weighted by Gasteiger charge is -2.49. The van der Waals surface area contributed by atoms with Crippen LogP contribution in [-0.2, 0) is 19.1 Å². The minimum Gasteiger partial charge on any atom is -0.467 e. The lowest BCUT2D eigenvalue weighted by molar-refractivity contribution is -0.385. The lowest BCUT2D eigenvalue weighted by atomic mass is 9.70. The van der Waals surface area contributed by atoms with Crippen molar-refractivity contribution in [2.24, 2.45) is 5.92 Å². The molecule has 3 atom stereocenters. The van der Waals surface area contributed by atoms with Crippen molar-refractivity contribution in [3.8, 4) is 5.75 Å². The van der Waals surface area contributed by atoms with Gasteiger partial charge in [0, 0.05) is 23.2 Å². The van der Waals surface area contributed by atoms with Crippen LogP contribution >= 0.6 is 0 Å². The van der Waals surface area contributed by atoms with Gasteiger partial charge in [0.1, 0.15) is 11.7 Å². The van der Waals surface area contributed by atoms with Gasteiger partial charge in [0.2, 0.25) is 0 Å². The molecule has 0 saturated heterocycles. The maximum absolute atomic E-state index is 12.8. The van der Waals surface area contributed by atoms with E-state index < -0.39 is 34.4 Å². The van der Waals surface area contributed by atoms with Gasteiger partial charge in [-0.2, -0.15) is 0 Å². The number of hydrogen-bond acceptors (Lipinski definition) is 8. The molecule has 0 radical (unpaired) electrons. The summed E-state index contributed by atoms with van der Waals surface area (Å²) in [6, 6.07) is 4.14. The average molecular weight is 390 g/mol. The number of hydrogen-bond donors (Lipinski definition) is 1. The number of nitro benzene ring substituents is 1. The van der Waals surface area contributed by atoms with Gasteiger partial charge >= 0.3 is 11.9 Å². The van der Waals surface area contributed by atoms with E-state index in [4.69, 9.17) is 14.2 Å². The van der Waals surface area contributed by atoms with E-state index in [1.165, 1.54) is 18.2 Å². The molecule has 0 aromatic heterocycles. The highest BCUT2D eigenvalue weighted by Gasteiger charge is 2.57. The lowest BCUT2D eigenvalue weighted by Crippen LogP contribution is -2.63. The van der Waals surface area contributed by atoms with E-state index >= 15 is 0 Å². The highest BCUT2D eigenvalue weighted by atomic mass is 16.6. The summed E-state index contributed by atoms with van der Waals surface area (Å²) in [6.45, 7) is 7.10. The number of rotatable bonds is 5. The third-order valence-corrected chi connectivity index (χ3v) is 4.98. The van der Waals surface area contributed by atoms with Gasteiger partial charge in [0.25, 0.3) is 5.69 Å². The van der Waals surface area contributed by atoms with Gasteiger partial charge in [-0.1, -0.05) is 0 Å². The number of carbonyl (C=O) groups is 2. The van der Waals surface area contributed by atoms with Crippen LogP contribution in [0.25, 0.3) is 0 Å². The summed E-state index contributed by atoms with van der Waals surface area (Å²) in [5.41, 5.74) is -0.0659. The van der Waals surface area contributed by atoms with Crippen LogP contribution in [-0.4, -0.2) is 35.8 Å². The van der Waals surface area contributed by atoms with E-state index in [1.807, 2.05) is 0 Å². The van der Waals surface area contributed by atoms with E-state index in [0.717, 1.165) is 0 Å². The van der Waals surface area contributed by atoms with Crippen LogP contribution in [0, 0.1) is 16.0 Å². The number of carbonyl (C=O) groups excluding carboxylic acids is 2. The number of benzene rings is 1. The normalized spacial score (nSPS) is 25.1. The summed E-state index contributed by atoms with van der Waals surface area (Å²) in [7, 11) is 0. The molecule has 2 aliphatic rings. The molecule has 3 rings (SSSR count). The first kappa shape index (κ1) is 19.7. The highest BCUT2D eigenvalue weighted by molar-refractivity contribution is 5.94. The molecule has 28 heavy (non-hydrogen) atoms. The van der Waals surface area contributed by atoms with Gasteiger partial charge in [0.15, 0.2) is 5.72 Å². The number of nitrogens with zero attached hydrogens (tertiary/aromatic N) is 1. The Morgan fingerprint density at radius 3 is 2.57 bits per heavy atom.